The number of nitrogens with zero attached hydrogens (tertiary/aromatic N) is 1. The van der Waals surface area contributed by atoms with E-state index >= 15 is 0 Å². The van der Waals surface area contributed by atoms with E-state index < -0.39 is 10.0 Å². The molecule has 108 valence electrons. The lowest BCUT2D eigenvalue weighted by molar-refractivity contribution is 0.592. The van der Waals surface area contributed by atoms with E-state index in [4.69, 9.17) is 0 Å². The highest BCUT2D eigenvalue weighted by molar-refractivity contribution is 7.92. The van der Waals surface area contributed by atoms with Crippen molar-refractivity contribution in [3.05, 3.63) is 40.8 Å². The molecule has 7 heteroatoms. The number of nitrogens with one attached hydrogen (secondary N) is 2. The first-order valence-electron chi connectivity index (χ1n) is 6.21. The second kappa shape index (κ2) is 6.34. The number of anilines is 1. The number of aromatic nitrogens is 1. The Morgan fingerprint density at radius 2 is 2.00 bits per heavy atom. The van der Waals surface area contributed by atoms with Crippen LogP contribution in [0.3, 0.4) is 0 Å². The molecule has 0 unspecified atom stereocenters. The van der Waals surface area contributed by atoms with E-state index in [-0.39, 0.29) is 0 Å². The summed E-state index contributed by atoms with van der Waals surface area (Å²) in [5, 5.41) is 4.92. The summed E-state index contributed by atoms with van der Waals surface area (Å²) in [6.45, 7) is 4.78. The molecule has 0 spiro atoms. The van der Waals surface area contributed by atoms with E-state index in [1.165, 1.54) is 11.3 Å². The van der Waals surface area contributed by atoms with Crippen LogP contribution in [-0.2, 0) is 16.6 Å². The van der Waals surface area contributed by atoms with E-state index in [0.717, 1.165) is 4.88 Å². The average Bonchev–Trinajstić information content (AvgIpc) is 2.86. The summed E-state index contributed by atoms with van der Waals surface area (Å²) in [4.78, 5) is 5.14. The Morgan fingerprint density at radius 3 is 2.65 bits per heavy atom. The molecule has 2 rings (SSSR count). The average molecular weight is 311 g/mol. The Balaban J connectivity index is 2.10. The van der Waals surface area contributed by atoms with Crippen molar-refractivity contribution in [1.29, 1.82) is 0 Å². The minimum atomic E-state index is -3.53. The van der Waals surface area contributed by atoms with Gasteiger partial charge in [0.05, 0.1) is 10.6 Å². The van der Waals surface area contributed by atoms with Crippen LogP contribution in [0.2, 0.25) is 0 Å². The fourth-order valence-corrected chi connectivity index (χ4v) is 3.82. The van der Waals surface area contributed by atoms with Gasteiger partial charge in [-0.25, -0.2) is 8.42 Å². The highest BCUT2D eigenvalue weighted by Crippen LogP contribution is 2.21. The van der Waals surface area contributed by atoms with Crippen molar-refractivity contribution >= 4 is 27.0 Å². The molecule has 0 amide bonds. The molecule has 0 aliphatic heterocycles. The second-order valence-electron chi connectivity index (χ2n) is 4.63. The van der Waals surface area contributed by atoms with Crippen molar-refractivity contribution < 1.29 is 8.42 Å². The molecule has 0 saturated heterocycles. The summed E-state index contributed by atoms with van der Waals surface area (Å²) in [7, 11) is -3.53. The third-order valence-electron chi connectivity index (χ3n) is 2.56. The van der Waals surface area contributed by atoms with E-state index in [1.807, 2.05) is 0 Å². The highest BCUT2D eigenvalue weighted by atomic mass is 32.2. The van der Waals surface area contributed by atoms with E-state index in [9.17, 15) is 8.42 Å². The predicted molar refractivity (Wildman–Crippen MR) is 81.3 cm³/mol. The Morgan fingerprint density at radius 1 is 1.30 bits per heavy atom. The van der Waals surface area contributed by atoms with Crippen LogP contribution >= 0.6 is 11.3 Å². The van der Waals surface area contributed by atoms with Gasteiger partial charge in [0.25, 0.3) is 10.0 Å². The lowest BCUT2D eigenvalue weighted by Gasteiger charge is -2.06. The van der Waals surface area contributed by atoms with Gasteiger partial charge in [0.15, 0.2) is 0 Å². The summed E-state index contributed by atoms with van der Waals surface area (Å²) < 4.78 is 26.9. The molecule has 0 saturated carbocycles. The lowest BCUT2D eigenvalue weighted by Crippen LogP contribution is -2.21. The molecule has 0 aliphatic carbocycles. The number of hydrogen-bond donors (Lipinski definition) is 2. The summed E-state index contributed by atoms with van der Waals surface area (Å²) >= 11 is 1.43. The number of hydrogen-bond acceptors (Lipinski definition) is 5. The van der Waals surface area contributed by atoms with Crippen LogP contribution < -0.4 is 10.0 Å². The van der Waals surface area contributed by atoms with Crippen LogP contribution in [0.15, 0.2) is 40.9 Å². The van der Waals surface area contributed by atoms with Gasteiger partial charge in [0, 0.05) is 35.2 Å². The third-order valence-corrected chi connectivity index (χ3v) is 5.00. The van der Waals surface area contributed by atoms with Crippen molar-refractivity contribution in [2.75, 3.05) is 4.72 Å². The summed E-state index contributed by atoms with van der Waals surface area (Å²) in [5.41, 5.74) is 0.507. The first kappa shape index (κ1) is 15.0. The zero-order valence-electron chi connectivity index (χ0n) is 11.3. The summed E-state index contributed by atoms with van der Waals surface area (Å²) in [5.74, 6) is 0. The highest BCUT2D eigenvalue weighted by Gasteiger charge is 2.16. The summed E-state index contributed by atoms with van der Waals surface area (Å²) in [6.07, 6.45) is 3.09. The molecule has 0 bridgehead atoms. The van der Waals surface area contributed by atoms with Crippen LogP contribution in [0.5, 0.6) is 0 Å². The monoisotopic (exact) mass is 311 g/mol. The Bertz CT molecular complexity index is 651. The zero-order chi connectivity index (χ0) is 14.6. The Kier molecular flexibility index (Phi) is 4.74. The van der Waals surface area contributed by atoms with Crippen molar-refractivity contribution in [2.24, 2.45) is 0 Å². The number of thiophene rings is 1. The lowest BCUT2D eigenvalue weighted by atomic mass is 10.4. The van der Waals surface area contributed by atoms with Crippen molar-refractivity contribution in [2.45, 2.75) is 31.3 Å². The molecule has 0 aromatic carbocycles. The van der Waals surface area contributed by atoms with Gasteiger partial charge in [-0.05, 0) is 18.2 Å². The normalized spacial score (nSPS) is 11.8. The molecule has 2 N–H and O–H groups in total. The molecule has 2 heterocycles. The molecular weight excluding hydrogens is 294 g/mol. The molecule has 0 atom stereocenters. The largest absolute Gasteiger partial charge is 0.310 e. The van der Waals surface area contributed by atoms with Gasteiger partial charge < -0.3 is 5.32 Å². The van der Waals surface area contributed by atoms with E-state index in [1.54, 1.807) is 36.0 Å². The van der Waals surface area contributed by atoms with Gasteiger partial charge in [0.1, 0.15) is 0 Å². The van der Waals surface area contributed by atoms with E-state index in [0.29, 0.717) is 23.2 Å². The molecule has 2 aromatic heterocycles. The Labute approximate surface area is 123 Å². The topological polar surface area (TPSA) is 71.1 Å². The summed E-state index contributed by atoms with van der Waals surface area (Å²) in [6, 6.07) is 5.30. The maximum absolute atomic E-state index is 12.2. The van der Waals surface area contributed by atoms with Gasteiger partial charge in [-0.3, -0.25) is 9.71 Å². The molecular formula is C13H17N3O2S2. The maximum Gasteiger partial charge on any atom is 0.262 e. The smallest absolute Gasteiger partial charge is 0.262 e. The molecule has 20 heavy (non-hydrogen) atoms. The van der Waals surface area contributed by atoms with Gasteiger partial charge in [-0.2, -0.15) is 0 Å². The molecule has 0 radical (unpaired) electrons. The fourth-order valence-electron chi connectivity index (χ4n) is 1.53. The van der Waals surface area contributed by atoms with E-state index in [2.05, 4.69) is 28.9 Å². The van der Waals surface area contributed by atoms with Crippen LogP contribution in [-0.4, -0.2) is 19.4 Å². The van der Waals surface area contributed by atoms with Crippen molar-refractivity contribution in [3.63, 3.8) is 0 Å². The number of pyridine rings is 1. The zero-order valence-corrected chi connectivity index (χ0v) is 13.0. The first-order valence-corrected chi connectivity index (χ1v) is 8.57. The van der Waals surface area contributed by atoms with Gasteiger partial charge in [0.2, 0.25) is 0 Å². The molecule has 2 aromatic rings. The van der Waals surface area contributed by atoms with Crippen molar-refractivity contribution in [1.82, 2.24) is 10.3 Å². The third kappa shape index (κ3) is 4.03. The standard InChI is InChI=1S/C13H17N3O2S2/c1-10(2)15-8-12-7-13(9-19-12)20(17,18)16-11-3-5-14-6-4-11/h3-7,9-10,15H,8H2,1-2H3,(H,14,16). The maximum atomic E-state index is 12.2. The van der Waals surface area contributed by atoms with Crippen LogP contribution in [0.1, 0.15) is 18.7 Å². The van der Waals surface area contributed by atoms with Gasteiger partial charge >= 0.3 is 0 Å². The molecule has 0 aliphatic rings. The van der Waals surface area contributed by atoms with Crippen molar-refractivity contribution in [3.8, 4) is 0 Å². The number of sulfonamides is 1. The van der Waals surface area contributed by atoms with Gasteiger partial charge in [-0.1, -0.05) is 13.8 Å². The predicted octanol–water partition coefficient (Wildman–Crippen LogP) is 2.44. The quantitative estimate of drug-likeness (QED) is 0.859. The minimum Gasteiger partial charge on any atom is -0.310 e. The SMILES string of the molecule is CC(C)NCc1cc(S(=O)(=O)Nc2ccncc2)cs1. The first-order chi connectivity index (χ1) is 9.47. The molecule has 5 nitrogen and oxygen atoms in total. The Hall–Kier alpha value is -1.44. The number of rotatable bonds is 6. The minimum absolute atomic E-state index is 0.292. The van der Waals surface area contributed by atoms with Crippen LogP contribution in [0.4, 0.5) is 5.69 Å². The second-order valence-corrected chi connectivity index (χ2v) is 7.30. The van der Waals surface area contributed by atoms with Gasteiger partial charge in [-0.15, -0.1) is 11.3 Å². The fraction of sp³-hybridized carbons (Fsp3) is 0.308. The van der Waals surface area contributed by atoms with Crippen LogP contribution in [0, 0.1) is 0 Å². The van der Waals surface area contributed by atoms with Crippen LogP contribution in [0.25, 0.3) is 0 Å². The molecule has 0 fully saturated rings.